The summed E-state index contributed by atoms with van der Waals surface area (Å²) in [5, 5.41) is 5.74. The summed E-state index contributed by atoms with van der Waals surface area (Å²) in [5.74, 6) is -0.323. The molecule has 1 fully saturated rings. The summed E-state index contributed by atoms with van der Waals surface area (Å²) >= 11 is 0. The highest BCUT2D eigenvalue weighted by molar-refractivity contribution is 6.05. The van der Waals surface area contributed by atoms with Crippen molar-refractivity contribution in [3.63, 3.8) is 0 Å². The van der Waals surface area contributed by atoms with Gasteiger partial charge in [0.25, 0.3) is 5.91 Å². The van der Waals surface area contributed by atoms with Crippen LogP contribution in [0, 0.1) is 5.92 Å². The van der Waals surface area contributed by atoms with Gasteiger partial charge in [-0.1, -0.05) is 54.6 Å². The molecular weight excluding hydrogens is 430 g/mol. The number of likely N-dealkylation sites (tertiary alicyclic amines) is 1. The molecule has 3 amide bonds. The Morgan fingerprint density at radius 1 is 0.941 bits per heavy atom. The van der Waals surface area contributed by atoms with Gasteiger partial charge < -0.3 is 20.3 Å². The van der Waals surface area contributed by atoms with Gasteiger partial charge in [0.1, 0.15) is 5.75 Å². The van der Waals surface area contributed by atoms with E-state index in [0.29, 0.717) is 30.9 Å². The molecule has 174 valence electrons. The van der Waals surface area contributed by atoms with Crippen LogP contribution in [0.25, 0.3) is 0 Å². The van der Waals surface area contributed by atoms with Crippen molar-refractivity contribution in [1.29, 1.82) is 0 Å². The van der Waals surface area contributed by atoms with E-state index in [9.17, 15) is 14.4 Å². The summed E-state index contributed by atoms with van der Waals surface area (Å²) < 4.78 is 5.15. The fourth-order valence-corrected chi connectivity index (χ4v) is 3.95. The maximum absolute atomic E-state index is 12.9. The van der Waals surface area contributed by atoms with Gasteiger partial charge in [0.05, 0.1) is 24.3 Å². The van der Waals surface area contributed by atoms with Crippen molar-refractivity contribution in [2.45, 2.75) is 19.5 Å². The monoisotopic (exact) mass is 457 g/mol. The minimum Gasteiger partial charge on any atom is -0.497 e. The molecule has 1 heterocycles. The van der Waals surface area contributed by atoms with Crippen LogP contribution >= 0.6 is 0 Å². The number of hydrogen-bond donors (Lipinski definition) is 2. The van der Waals surface area contributed by atoms with E-state index in [1.54, 1.807) is 36.3 Å². The van der Waals surface area contributed by atoms with Crippen LogP contribution in [-0.2, 0) is 22.7 Å². The summed E-state index contributed by atoms with van der Waals surface area (Å²) in [5.41, 5.74) is 2.75. The number of carbonyl (C=O) groups is 3. The fourth-order valence-electron chi connectivity index (χ4n) is 3.95. The standard InChI is InChI=1S/C27H27N3O4/c1-34-22-13-11-19(12-14-22)16-28-27(33)23-9-5-6-10-24(23)29-26(32)21-15-25(31)30(18-21)17-20-7-3-2-4-8-20/h2-14,21H,15-18H2,1H3,(H,28,33)(H,29,32)/t21-/m1/s1. The molecule has 1 atom stereocenters. The van der Waals surface area contributed by atoms with Gasteiger partial charge in [-0.2, -0.15) is 0 Å². The minimum atomic E-state index is -0.466. The number of hydrogen-bond acceptors (Lipinski definition) is 4. The summed E-state index contributed by atoms with van der Waals surface area (Å²) in [7, 11) is 1.60. The van der Waals surface area contributed by atoms with Crippen molar-refractivity contribution in [3.8, 4) is 5.75 Å². The molecule has 0 unspecified atom stereocenters. The molecule has 0 spiro atoms. The summed E-state index contributed by atoms with van der Waals surface area (Å²) in [6.45, 7) is 1.18. The molecule has 0 bridgehead atoms. The number of amides is 3. The Kier molecular flexibility index (Phi) is 7.22. The molecule has 4 rings (SSSR count). The van der Waals surface area contributed by atoms with Crippen LogP contribution in [0.2, 0.25) is 0 Å². The number of carbonyl (C=O) groups excluding carboxylic acids is 3. The molecule has 0 saturated carbocycles. The average molecular weight is 458 g/mol. The molecule has 1 saturated heterocycles. The number of benzene rings is 3. The van der Waals surface area contributed by atoms with Crippen LogP contribution < -0.4 is 15.4 Å². The van der Waals surface area contributed by atoms with Crippen molar-refractivity contribution in [2.24, 2.45) is 5.92 Å². The number of anilines is 1. The third-order valence-electron chi connectivity index (χ3n) is 5.84. The van der Waals surface area contributed by atoms with Gasteiger partial charge in [-0.15, -0.1) is 0 Å². The predicted molar refractivity (Wildman–Crippen MR) is 129 cm³/mol. The van der Waals surface area contributed by atoms with Gasteiger partial charge in [0.15, 0.2) is 0 Å². The first kappa shape index (κ1) is 23.0. The molecule has 34 heavy (non-hydrogen) atoms. The van der Waals surface area contributed by atoms with Gasteiger partial charge in [-0.3, -0.25) is 14.4 Å². The maximum Gasteiger partial charge on any atom is 0.253 e. The zero-order chi connectivity index (χ0) is 23.9. The van der Waals surface area contributed by atoms with Gasteiger partial charge >= 0.3 is 0 Å². The van der Waals surface area contributed by atoms with Crippen molar-refractivity contribution in [3.05, 3.63) is 95.6 Å². The Hall–Kier alpha value is -4.13. The second-order valence-corrected chi connectivity index (χ2v) is 8.23. The second-order valence-electron chi connectivity index (χ2n) is 8.23. The lowest BCUT2D eigenvalue weighted by atomic mass is 10.1. The maximum atomic E-state index is 12.9. The molecule has 3 aromatic rings. The molecule has 1 aliphatic rings. The molecule has 2 N–H and O–H groups in total. The van der Waals surface area contributed by atoms with E-state index in [4.69, 9.17) is 4.74 Å². The van der Waals surface area contributed by atoms with Crippen molar-refractivity contribution in [1.82, 2.24) is 10.2 Å². The number of methoxy groups -OCH3 is 1. The lowest BCUT2D eigenvalue weighted by Gasteiger charge is -2.17. The first-order valence-corrected chi connectivity index (χ1v) is 11.2. The van der Waals surface area contributed by atoms with E-state index in [2.05, 4.69) is 10.6 Å². The topological polar surface area (TPSA) is 87.7 Å². The van der Waals surface area contributed by atoms with Crippen LogP contribution in [0.1, 0.15) is 27.9 Å². The van der Waals surface area contributed by atoms with Gasteiger partial charge in [-0.25, -0.2) is 0 Å². The first-order chi connectivity index (χ1) is 16.5. The summed E-state index contributed by atoms with van der Waals surface area (Å²) in [6, 6.07) is 24.0. The van der Waals surface area contributed by atoms with E-state index < -0.39 is 5.92 Å². The molecule has 7 nitrogen and oxygen atoms in total. The Bertz CT molecular complexity index is 1160. The molecule has 0 radical (unpaired) electrons. The lowest BCUT2D eigenvalue weighted by molar-refractivity contribution is -0.128. The first-order valence-electron chi connectivity index (χ1n) is 11.2. The Morgan fingerprint density at radius 2 is 1.65 bits per heavy atom. The van der Waals surface area contributed by atoms with E-state index in [0.717, 1.165) is 16.9 Å². The van der Waals surface area contributed by atoms with E-state index in [-0.39, 0.29) is 24.1 Å². The fraction of sp³-hybridized carbons (Fsp3) is 0.222. The number of para-hydroxylation sites is 1. The highest BCUT2D eigenvalue weighted by Crippen LogP contribution is 2.23. The number of nitrogens with one attached hydrogen (secondary N) is 2. The van der Waals surface area contributed by atoms with Crippen LogP contribution in [0.3, 0.4) is 0 Å². The molecule has 0 aromatic heterocycles. The van der Waals surface area contributed by atoms with Crippen molar-refractivity contribution in [2.75, 3.05) is 19.0 Å². The quantitative estimate of drug-likeness (QED) is 0.541. The van der Waals surface area contributed by atoms with Crippen LogP contribution in [-0.4, -0.2) is 36.3 Å². The summed E-state index contributed by atoms with van der Waals surface area (Å²) in [4.78, 5) is 39.9. The minimum absolute atomic E-state index is 0.0467. The second kappa shape index (κ2) is 10.7. The van der Waals surface area contributed by atoms with E-state index in [1.807, 2.05) is 54.6 Å². The van der Waals surface area contributed by atoms with Crippen molar-refractivity contribution < 1.29 is 19.1 Å². The zero-order valence-corrected chi connectivity index (χ0v) is 19.0. The van der Waals surface area contributed by atoms with Gasteiger partial charge in [0, 0.05) is 26.1 Å². The molecule has 3 aromatic carbocycles. The largest absolute Gasteiger partial charge is 0.497 e. The van der Waals surface area contributed by atoms with E-state index >= 15 is 0 Å². The highest BCUT2D eigenvalue weighted by atomic mass is 16.5. The Morgan fingerprint density at radius 3 is 2.38 bits per heavy atom. The Labute approximate surface area is 198 Å². The molecular formula is C27H27N3O4. The Balaban J connectivity index is 1.37. The smallest absolute Gasteiger partial charge is 0.253 e. The number of ether oxygens (including phenoxy) is 1. The van der Waals surface area contributed by atoms with Gasteiger partial charge in [-0.05, 0) is 35.4 Å². The highest BCUT2D eigenvalue weighted by Gasteiger charge is 2.34. The summed E-state index contributed by atoms with van der Waals surface area (Å²) in [6.07, 6.45) is 0.157. The molecule has 0 aliphatic carbocycles. The van der Waals surface area contributed by atoms with Crippen molar-refractivity contribution >= 4 is 23.4 Å². The molecule has 7 heteroatoms. The normalized spacial score (nSPS) is 15.1. The SMILES string of the molecule is COc1ccc(CNC(=O)c2ccccc2NC(=O)[C@@H]2CC(=O)N(Cc3ccccc3)C2)cc1. The van der Waals surface area contributed by atoms with E-state index in [1.165, 1.54) is 0 Å². The number of nitrogens with zero attached hydrogens (tertiary/aromatic N) is 1. The predicted octanol–water partition coefficient (Wildman–Crippen LogP) is 3.61. The lowest BCUT2D eigenvalue weighted by Crippen LogP contribution is -2.29. The van der Waals surface area contributed by atoms with Crippen LogP contribution in [0.4, 0.5) is 5.69 Å². The zero-order valence-electron chi connectivity index (χ0n) is 19.0. The third kappa shape index (κ3) is 5.61. The van der Waals surface area contributed by atoms with Crippen LogP contribution in [0.5, 0.6) is 5.75 Å². The number of rotatable bonds is 8. The van der Waals surface area contributed by atoms with Crippen LogP contribution in [0.15, 0.2) is 78.9 Å². The third-order valence-corrected chi connectivity index (χ3v) is 5.84. The average Bonchev–Trinajstić information content (AvgIpc) is 3.24. The molecule has 1 aliphatic heterocycles. The van der Waals surface area contributed by atoms with Gasteiger partial charge in [0.2, 0.25) is 11.8 Å².